The summed E-state index contributed by atoms with van der Waals surface area (Å²) < 4.78 is 13.4. The molecule has 2 N–H and O–H groups in total. The molecule has 0 atom stereocenters. The highest BCUT2D eigenvalue weighted by molar-refractivity contribution is 5.93. The summed E-state index contributed by atoms with van der Waals surface area (Å²) in [6.07, 6.45) is 3.39. The Morgan fingerprint density at radius 3 is 2.46 bits per heavy atom. The zero-order valence-corrected chi connectivity index (χ0v) is 12.6. The van der Waals surface area contributed by atoms with Crippen LogP contribution in [-0.4, -0.2) is 15.0 Å². The van der Waals surface area contributed by atoms with Crippen LogP contribution >= 0.6 is 0 Å². The number of nitrogen functional groups attached to an aromatic ring is 1. The van der Waals surface area contributed by atoms with Crippen LogP contribution in [-0.2, 0) is 0 Å². The first-order chi connectivity index (χ1) is 11.7. The van der Waals surface area contributed by atoms with Crippen LogP contribution in [0.1, 0.15) is 0 Å². The van der Waals surface area contributed by atoms with E-state index in [0.717, 1.165) is 27.6 Å². The Bertz CT molecular complexity index is 1030. The predicted octanol–water partition coefficient (Wildman–Crippen LogP) is 4.08. The molecule has 2 heterocycles. The molecule has 0 aliphatic heterocycles. The molecule has 24 heavy (non-hydrogen) atoms. The molecule has 116 valence electrons. The van der Waals surface area contributed by atoms with E-state index in [9.17, 15) is 4.39 Å². The largest absolute Gasteiger partial charge is 0.383 e. The van der Waals surface area contributed by atoms with Crippen LogP contribution < -0.4 is 5.73 Å². The van der Waals surface area contributed by atoms with E-state index in [1.165, 1.54) is 12.1 Å². The highest BCUT2D eigenvalue weighted by Gasteiger charge is 2.09. The lowest BCUT2D eigenvalue weighted by molar-refractivity contribution is 0.628. The van der Waals surface area contributed by atoms with Gasteiger partial charge in [0.05, 0.1) is 5.52 Å². The van der Waals surface area contributed by atoms with E-state index in [4.69, 9.17) is 5.73 Å². The monoisotopic (exact) mass is 316 g/mol. The Morgan fingerprint density at radius 2 is 1.67 bits per heavy atom. The molecule has 0 spiro atoms. The van der Waals surface area contributed by atoms with Crippen molar-refractivity contribution in [3.05, 3.63) is 72.8 Å². The first-order valence-electron chi connectivity index (χ1n) is 7.44. The number of fused-ring (bicyclic) bond motifs is 1. The molecule has 2 aromatic heterocycles. The molecule has 4 rings (SSSR count). The summed E-state index contributed by atoms with van der Waals surface area (Å²) in [7, 11) is 0. The predicted molar refractivity (Wildman–Crippen MR) is 92.6 cm³/mol. The minimum atomic E-state index is -0.274. The summed E-state index contributed by atoms with van der Waals surface area (Å²) >= 11 is 0. The van der Waals surface area contributed by atoms with Crippen molar-refractivity contribution in [2.75, 3.05) is 5.73 Å². The van der Waals surface area contributed by atoms with Gasteiger partial charge in [0.25, 0.3) is 0 Å². The zero-order chi connectivity index (χ0) is 16.5. The quantitative estimate of drug-likeness (QED) is 0.605. The fourth-order valence-electron chi connectivity index (χ4n) is 2.62. The summed E-state index contributed by atoms with van der Waals surface area (Å²) in [5.41, 5.74) is 9.32. The third kappa shape index (κ3) is 2.56. The van der Waals surface area contributed by atoms with E-state index < -0.39 is 0 Å². The lowest BCUT2D eigenvalue weighted by Crippen LogP contribution is -1.98. The topological polar surface area (TPSA) is 64.7 Å². The van der Waals surface area contributed by atoms with Crippen LogP contribution in [0.3, 0.4) is 0 Å². The van der Waals surface area contributed by atoms with Crippen molar-refractivity contribution in [3.8, 4) is 22.5 Å². The number of nitrogens with two attached hydrogens (primary N) is 1. The van der Waals surface area contributed by atoms with Gasteiger partial charge >= 0.3 is 0 Å². The minimum Gasteiger partial charge on any atom is -0.383 e. The average Bonchev–Trinajstić information content (AvgIpc) is 2.62. The minimum absolute atomic E-state index is 0.274. The van der Waals surface area contributed by atoms with Gasteiger partial charge in [0, 0.05) is 23.3 Å². The first kappa shape index (κ1) is 14.3. The molecule has 0 saturated carbocycles. The Balaban J connectivity index is 1.85. The van der Waals surface area contributed by atoms with Crippen molar-refractivity contribution in [1.29, 1.82) is 0 Å². The van der Waals surface area contributed by atoms with E-state index in [1.54, 1.807) is 18.5 Å². The smallest absolute Gasteiger partial charge is 0.163 e. The van der Waals surface area contributed by atoms with Gasteiger partial charge in [-0.25, -0.2) is 14.4 Å². The number of anilines is 1. The third-order valence-electron chi connectivity index (χ3n) is 3.80. The van der Waals surface area contributed by atoms with E-state index in [-0.39, 0.29) is 5.82 Å². The van der Waals surface area contributed by atoms with Gasteiger partial charge in [-0.15, -0.1) is 0 Å². The van der Waals surface area contributed by atoms with E-state index in [2.05, 4.69) is 15.0 Å². The number of nitrogens with zero attached hydrogens (tertiary/aromatic N) is 3. The summed E-state index contributed by atoms with van der Waals surface area (Å²) in [5, 5.41) is 0.740. The molecule has 0 saturated heterocycles. The van der Waals surface area contributed by atoms with Gasteiger partial charge in [-0.1, -0.05) is 18.2 Å². The molecule has 4 nitrogen and oxygen atoms in total. The average molecular weight is 316 g/mol. The highest BCUT2D eigenvalue weighted by Crippen LogP contribution is 2.28. The van der Waals surface area contributed by atoms with Crippen LogP contribution in [0, 0.1) is 5.82 Å². The number of benzene rings is 2. The van der Waals surface area contributed by atoms with Crippen LogP contribution in [0.4, 0.5) is 10.2 Å². The summed E-state index contributed by atoms with van der Waals surface area (Å²) in [6.45, 7) is 0. The maximum Gasteiger partial charge on any atom is 0.163 e. The molecule has 0 aliphatic rings. The summed E-state index contributed by atoms with van der Waals surface area (Å²) in [6, 6.07) is 15.8. The van der Waals surface area contributed by atoms with Gasteiger partial charge < -0.3 is 5.73 Å². The van der Waals surface area contributed by atoms with Crippen LogP contribution in [0.2, 0.25) is 0 Å². The van der Waals surface area contributed by atoms with Crippen molar-refractivity contribution >= 4 is 16.7 Å². The molecule has 2 aromatic carbocycles. The molecule has 0 radical (unpaired) electrons. The standard InChI is InChI=1S/C19H13FN4/c20-15-5-1-3-12(9-15)13-6-7-17-16(10-13)18(21)24-19(23-17)14-4-2-8-22-11-14/h1-11H,(H2,21,23,24). The van der Waals surface area contributed by atoms with E-state index in [1.807, 2.05) is 36.4 Å². The SMILES string of the molecule is Nc1nc(-c2cccnc2)nc2ccc(-c3cccc(F)c3)cc12. The van der Waals surface area contributed by atoms with Crippen molar-refractivity contribution in [2.24, 2.45) is 0 Å². The molecule has 0 amide bonds. The van der Waals surface area contributed by atoms with Gasteiger partial charge in [0.15, 0.2) is 5.82 Å². The van der Waals surface area contributed by atoms with Crippen molar-refractivity contribution in [1.82, 2.24) is 15.0 Å². The third-order valence-corrected chi connectivity index (χ3v) is 3.80. The van der Waals surface area contributed by atoms with E-state index in [0.29, 0.717) is 11.6 Å². The lowest BCUT2D eigenvalue weighted by Gasteiger charge is -2.08. The zero-order valence-electron chi connectivity index (χ0n) is 12.6. The van der Waals surface area contributed by atoms with Gasteiger partial charge in [-0.3, -0.25) is 4.98 Å². The van der Waals surface area contributed by atoms with Gasteiger partial charge in [0.2, 0.25) is 0 Å². The number of rotatable bonds is 2. The molecular weight excluding hydrogens is 303 g/mol. The maximum absolute atomic E-state index is 13.4. The summed E-state index contributed by atoms with van der Waals surface area (Å²) in [4.78, 5) is 13.0. The normalized spacial score (nSPS) is 10.9. The number of aromatic nitrogens is 3. The lowest BCUT2D eigenvalue weighted by atomic mass is 10.0. The second kappa shape index (κ2) is 5.70. The molecular formula is C19H13FN4. The fraction of sp³-hybridized carbons (Fsp3) is 0. The maximum atomic E-state index is 13.4. The van der Waals surface area contributed by atoms with Crippen LogP contribution in [0.5, 0.6) is 0 Å². The van der Waals surface area contributed by atoms with E-state index >= 15 is 0 Å². The van der Waals surface area contributed by atoms with Crippen LogP contribution in [0.15, 0.2) is 67.0 Å². The molecule has 0 aliphatic carbocycles. The van der Waals surface area contributed by atoms with Crippen molar-refractivity contribution in [3.63, 3.8) is 0 Å². The molecule has 5 heteroatoms. The van der Waals surface area contributed by atoms with Crippen molar-refractivity contribution in [2.45, 2.75) is 0 Å². The Hall–Kier alpha value is -3.34. The molecule has 0 fully saturated rings. The number of hydrogen-bond donors (Lipinski definition) is 1. The van der Waals surface area contributed by atoms with Gasteiger partial charge in [0.1, 0.15) is 11.6 Å². The summed E-state index contributed by atoms with van der Waals surface area (Å²) in [5.74, 6) is 0.646. The Labute approximate surface area is 137 Å². The van der Waals surface area contributed by atoms with Crippen LogP contribution in [0.25, 0.3) is 33.4 Å². The van der Waals surface area contributed by atoms with Crippen molar-refractivity contribution < 1.29 is 4.39 Å². The fourth-order valence-corrected chi connectivity index (χ4v) is 2.62. The highest BCUT2D eigenvalue weighted by atomic mass is 19.1. The van der Waals surface area contributed by atoms with Gasteiger partial charge in [-0.2, -0.15) is 0 Å². The number of pyridine rings is 1. The molecule has 4 aromatic rings. The Kier molecular flexibility index (Phi) is 3.39. The Morgan fingerprint density at radius 1 is 0.833 bits per heavy atom. The first-order valence-corrected chi connectivity index (χ1v) is 7.44. The number of hydrogen-bond acceptors (Lipinski definition) is 4. The second-order valence-corrected chi connectivity index (χ2v) is 5.42. The second-order valence-electron chi connectivity index (χ2n) is 5.42. The number of halogens is 1. The van der Waals surface area contributed by atoms with Gasteiger partial charge in [-0.05, 0) is 47.5 Å². The molecule has 0 unspecified atom stereocenters. The molecule has 0 bridgehead atoms.